The number of H-pyrrole nitrogens is 1. The minimum atomic E-state index is -0.165. The molecule has 3 rings (SSSR count). The van der Waals surface area contributed by atoms with E-state index in [1.54, 1.807) is 7.11 Å². The number of nitrogens with one attached hydrogen (secondary N) is 1. The van der Waals surface area contributed by atoms with Crippen molar-refractivity contribution in [3.8, 4) is 5.75 Å². The van der Waals surface area contributed by atoms with Gasteiger partial charge in [0.1, 0.15) is 5.75 Å². The first kappa shape index (κ1) is 20.3. The summed E-state index contributed by atoms with van der Waals surface area (Å²) in [5, 5.41) is 0.515. The van der Waals surface area contributed by atoms with Crippen molar-refractivity contribution >= 4 is 23.4 Å². The van der Waals surface area contributed by atoms with Crippen LogP contribution in [0.25, 0.3) is 0 Å². The van der Waals surface area contributed by atoms with Gasteiger partial charge in [-0.3, -0.25) is 9.59 Å². The Bertz CT molecular complexity index is 845. The van der Waals surface area contributed by atoms with Crippen molar-refractivity contribution in [1.82, 2.24) is 14.9 Å². The topological polar surface area (TPSA) is 78.5 Å². The number of ether oxygens (including phenoxy) is 1. The van der Waals surface area contributed by atoms with Gasteiger partial charge in [-0.15, -0.1) is 0 Å². The van der Waals surface area contributed by atoms with Crippen LogP contribution in [0.3, 0.4) is 0 Å². The fourth-order valence-electron chi connectivity index (χ4n) is 3.16. The molecule has 1 aromatic carbocycles. The first-order valence-corrected chi connectivity index (χ1v) is 10.5. The summed E-state index contributed by atoms with van der Waals surface area (Å²) >= 11 is 1.29. The van der Waals surface area contributed by atoms with Crippen molar-refractivity contribution in [2.24, 2.45) is 0 Å². The van der Waals surface area contributed by atoms with Gasteiger partial charge in [-0.1, -0.05) is 25.1 Å². The van der Waals surface area contributed by atoms with E-state index < -0.39 is 0 Å². The molecule has 1 saturated heterocycles. The molecule has 2 heterocycles. The number of carbonyl (C=O) groups is 1. The van der Waals surface area contributed by atoms with E-state index >= 15 is 0 Å². The van der Waals surface area contributed by atoms with Crippen LogP contribution < -0.4 is 15.2 Å². The van der Waals surface area contributed by atoms with Gasteiger partial charge in [-0.2, -0.15) is 0 Å². The molecule has 1 fully saturated rings. The van der Waals surface area contributed by atoms with Crippen molar-refractivity contribution in [2.45, 2.75) is 24.9 Å². The maximum Gasteiger partial charge on any atom is 0.251 e. The lowest BCUT2D eigenvalue weighted by Crippen LogP contribution is -2.49. The number of aromatic amines is 1. The number of nitrogens with zero attached hydrogens (tertiary/aromatic N) is 3. The maximum absolute atomic E-state index is 12.5. The van der Waals surface area contributed by atoms with Crippen LogP contribution in [-0.2, 0) is 11.2 Å². The molecule has 1 aromatic heterocycles. The average Bonchev–Trinajstić information content (AvgIpc) is 2.72. The molecule has 150 valence electrons. The van der Waals surface area contributed by atoms with E-state index in [2.05, 4.69) is 14.9 Å². The van der Waals surface area contributed by atoms with E-state index in [1.807, 2.05) is 36.1 Å². The number of hydrogen-bond acceptors (Lipinski definition) is 6. The summed E-state index contributed by atoms with van der Waals surface area (Å²) in [6, 6.07) is 9.50. The summed E-state index contributed by atoms with van der Waals surface area (Å²) < 4.78 is 5.20. The molecule has 28 heavy (non-hydrogen) atoms. The van der Waals surface area contributed by atoms with Crippen LogP contribution in [0.4, 0.5) is 5.69 Å². The van der Waals surface area contributed by atoms with E-state index in [0.717, 1.165) is 43.1 Å². The minimum Gasteiger partial charge on any atom is -0.497 e. The van der Waals surface area contributed by atoms with Crippen molar-refractivity contribution < 1.29 is 9.53 Å². The zero-order chi connectivity index (χ0) is 19.9. The predicted molar refractivity (Wildman–Crippen MR) is 111 cm³/mol. The first-order chi connectivity index (χ1) is 13.6. The summed E-state index contributed by atoms with van der Waals surface area (Å²) in [6.45, 7) is 5.01. The minimum absolute atomic E-state index is 0.0722. The lowest BCUT2D eigenvalue weighted by molar-refractivity contribution is -0.128. The fraction of sp³-hybridized carbons (Fsp3) is 0.450. The highest BCUT2D eigenvalue weighted by molar-refractivity contribution is 7.99. The van der Waals surface area contributed by atoms with Crippen LogP contribution in [-0.4, -0.2) is 59.8 Å². The number of thioether (sulfide) groups is 1. The van der Waals surface area contributed by atoms with Gasteiger partial charge in [-0.25, -0.2) is 4.98 Å². The molecule has 1 N–H and O–H groups in total. The van der Waals surface area contributed by atoms with Gasteiger partial charge in [-0.05, 0) is 30.7 Å². The second-order valence-electron chi connectivity index (χ2n) is 6.65. The second-order valence-corrected chi connectivity index (χ2v) is 7.61. The van der Waals surface area contributed by atoms with E-state index in [1.165, 1.54) is 17.8 Å². The Balaban J connectivity index is 1.50. The van der Waals surface area contributed by atoms with Gasteiger partial charge < -0.3 is 19.5 Å². The summed E-state index contributed by atoms with van der Waals surface area (Å²) in [5.41, 5.74) is 1.74. The number of aromatic nitrogens is 2. The smallest absolute Gasteiger partial charge is 0.251 e. The third-order valence-electron chi connectivity index (χ3n) is 4.68. The maximum atomic E-state index is 12.5. The Morgan fingerprint density at radius 1 is 1.21 bits per heavy atom. The molecule has 0 spiro atoms. The highest BCUT2D eigenvalue weighted by Crippen LogP contribution is 2.21. The lowest BCUT2D eigenvalue weighted by atomic mass is 10.2. The SMILES string of the molecule is CCCc1cc(=O)[nH]c(SCC(=O)N2CCN(c3ccc(OC)cc3)CC2)n1. The molecule has 0 atom stereocenters. The molecular weight excluding hydrogens is 376 g/mol. The molecule has 8 heteroatoms. The molecule has 1 aliphatic heterocycles. The third-order valence-corrected chi connectivity index (χ3v) is 5.54. The van der Waals surface area contributed by atoms with Crippen molar-refractivity contribution in [3.63, 3.8) is 0 Å². The fourth-order valence-corrected chi connectivity index (χ4v) is 3.96. The number of hydrogen-bond donors (Lipinski definition) is 1. The molecule has 0 unspecified atom stereocenters. The first-order valence-electron chi connectivity index (χ1n) is 9.49. The molecule has 0 radical (unpaired) electrons. The van der Waals surface area contributed by atoms with Crippen molar-refractivity contribution in [3.05, 3.63) is 46.4 Å². The zero-order valence-corrected chi connectivity index (χ0v) is 17.1. The Kier molecular flexibility index (Phi) is 6.97. The van der Waals surface area contributed by atoms with Gasteiger partial charge in [0, 0.05) is 43.6 Å². The Hall–Kier alpha value is -2.48. The molecule has 1 amide bonds. The molecule has 2 aromatic rings. The molecule has 0 aliphatic carbocycles. The van der Waals surface area contributed by atoms with Crippen LogP contribution in [0.15, 0.2) is 40.3 Å². The monoisotopic (exact) mass is 402 g/mol. The summed E-state index contributed by atoms with van der Waals surface area (Å²) in [6.07, 6.45) is 1.69. The van der Waals surface area contributed by atoms with Crippen LogP contribution >= 0.6 is 11.8 Å². The number of rotatable bonds is 7. The molecule has 0 saturated carbocycles. The second kappa shape index (κ2) is 9.64. The van der Waals surface area contributed by atoms with Crippen LogP contribution in [0.2, 0.25) is 0 Å². The summed E-state index contributed by atoms with van der Waals surface area (Å²) in [5.74, 6) is 1.19. The third kappa shape index (κ3) is 5.28. The highest BCUT2D eigenvalue weighted by Gasteiger charge is 2.21. The van der Waals surface area contributed by atoms with Gasteiger partial charge in [0.05, 0.1) is 12.9 Å². The molecule has 7 nitrogen and oxygen atoms in total. The quantitative estimate of drug-likeness (QED) is 0.565. The Morgan fingerprint density at radius 2 is 1.93 bits per heavy atom. The number of benzene rings is 1. The number of amides is 1. The largest absolute Gasteiger partial charge is 0.497 e. The van der Waals surface area contributed by atoms with Gasteiger partial charge in [0.15, 0.2) is 5.16 Å². The zero-order valence-electron chi connectivity index (χ0n) is 16.3. The van der Waals surface area contributed by atoms with Gasteiger partial charge >= 0.3 is 0 Å². The Labute approximate surface area is 169 Å². The van der Waals surface area contributed by atoms with Gasteiger partial charge in [0.2, 0.25) is 5.91 Å². The number of methoxy groups -OCH3 is 1. The average molecular weight is 403 g/mol. The summed E-state index contributed by atoms with van der Waals surface area (Å²) in [7, 11) is 1.66. The predicted octanol–water partition coefficient (Wildman–Crippen LogP) is 2.17. The highest BCUT2D eigenvalue weighted by atomic mass is 32.2. The number of anilines is 1. The molecule has 1 aliphatic rings. The number of piperazine rings is 1. The molecular formula is C20H26N4O3S. The van der Waals surface area contributed by atoms with E-state index in [-0.39, 0.29) is 17.2 Å². The van der Waals surface area contributed by atoms with Gasteiger partial charge in [0.25, 0.3) is 5.56 Å². The van der Waals surface area contributed by atoms with E-state index in [4.69, 9.17) is 4.74 Å². The normalized spacial score (nSPS) is 14.2. The van der Waals surface area contributed by atoms with Crippen molar-refractivity contribution in [2.75, 3.05) is 43.9 Å². The van der Waals surface area contributed by atoms with Crippen LogP contribution in [0.5, 0.6) is 5.75 Å². The Morgan fingerprint density at radius 3 is 2.57 bits per heavy atom. The van der Waals surface area contributed by atoms with Crippen LogP contribution in [0.1, 0.15) is 19.0 Å². The standard InChI is InChI=1S/C20H26N4O3S/c1-3-4-15-13-18(25)22-20(21-15)28-14-19(26)24-11-9-23(10-12-24)16-5-7-17(27-2)8-6-16/h5-8,13H,3-4,9-12,14H2,1-2H3,(H,21,22,25). The van der Waals surface area contributed by atoms with Crippen molar-refractivity contribution in [1.29, 1.82) is 0 Å². The molecule has 0 bridgehead atoms. The number of carbonyl (C=O) groups excluding carboxylic acids is 1. The van der Waals surface area contributed by atoms with E-state index in [9.17, 15) is 9.59 Å². The summed E-state index contributed by atoms with van der Waals surface area (Å²) in [4.78, 5) is 35.5. The van der Waals surface area contributed by atoms with E-state index in [0.29, 0.717) is 18.2 Å². The lowest BCUT2D eigenvalue weighted by Gasteiger charge is -2.36. The van der Waals surface area contributed by atoms with Crippen LogP contribution in [0, 0.1) is 0 Å². The number of aryl methyl sites for hydroxylation is 1.